The van der Waals surface area contributed by atoms with Gasteiger partial charge in [-0.25, -0.2) is 0 Å². The van der Waals surface area contributed by atoms with Crippen molar-refractivity contribution in [3.63, 3.8) is 0 Å². The monoisotopic (exact) mass is 281 g/mol. The minimum Gasteiger partial charge on any atom is -0.465 e. The van der Waals surface area contributed by atoms with E-state index < -0.39 is 0 Å². The van der Waals surface area contributed by atoms with Gasteiger partial charge < -0.3 is 9.26 Å². The zero-order valence-electron chi connectivity index (χ0n) is 12.7. The number of rotatable bonds is 6. The molecular formula is C14H23N3O3. The summed E-state index contributed by atoms with van der Waals surface area (Å²) in [6.07, 6.45) is 2.23. The van der Waals surface area contributed by atoms with Crippen LogP contribution in [0.1, 0.15) is 52.3 Å². The predicted octanol–water partition coefficient (Wildman–Crippen LogP) is 1.89. The van der Waals surface area contributed by atoms with Gasteiger partial charge in [-0.1, -0.05) is 25.9 Å². The van der Waals surface area contributed by atoms with Gasteiger partial charge in [0.25, 0.3) is 0 Å². The van der Waals surface area contributed by atoms with Gasteiger partial charge in [0, 0.05) is 11.5 Å². The van der Waals surface area contributed by atoms with E-state index in [1.54, 1.807) is 0 Å². The van der Waals surface area contributed by atoms with E-state index in [0.717, 1.165) is 12.8 Å². The summed E-state index contributed by atoms with van der Waals surface area (Å²) in [4.78, 5) is 18.1. The van der Waals surface area contributed by atoms with Crippen molar-refractivity contribution in [1.82, 2.24) is 15.0 Å². The fourth-order valence-electron chi connectivity index (χ4n) is 1.93. The van der Waals surface area contributed by atoms with E-state index >= 15 is 0 Å². The van der Waals surface area contributed by atoms with Crippen molar-refractivity contribution in [2.24, 2.45) is 0 Å². The third-order valence-electron chi connectivity index (χ3n) is 3.15. The number of hydrogen-bond acceptors (Lipinski definition) is 6. The summed E-state index contributed by atoms with van der Waals surface area (Å²) in [6.45, 7) is 9.13. The quantitative estimate of drug-likeness (QED) is 0.742. The smallest absolute Gasteiger partial charge is 0.320 e. The van der Waals surface area contributed by atoms with Crippen LogP contribution in [0.2, 0.25) is 0 Å². The molecule has 6 heteroatoms. The molecule has 1 aromatic heterocycles. The van der Waals surface area contributed by atoms with Crippen LogP contribution in [0.5, 0.6) is 0 Å². The second-order valence-electron chi connectivity index (χ2n) is 6.21. The van der Waals surface area contributed by atoms with Crippen LogP contribution >= 0.6 is 0 Å². The first-order valence-electron chi connectivity index (χ1n) is 7.13. The van der Waals surface area contributed by atoms with E-state index in [4.69, 9.17) is 9.26 Å². The molecule has 1 saturated carbocycles. The molecule has 2 rings (SSSR count). The van der Waals surface area contributed by atoms with Gasteiger partial charge in [0.15, 0.2) is 5.82 Å². The molecule has 0 radical (unpaired) electrons. The molecule has 1 aromatic rings. The van der Waals surface area contributed by atoms with Crippen LogP contribution in [0.25, 0.3) is 0 Å². The molecule has 112 valence electrons. The maximum absolute atomic E-state index is 11.6. The highest BCUT2D eigenvalue weighted by Crippen LogP contribution is 2.28. The SMILES string of the molecule is CCOC(=O)CN(Cc1noc(C(C)(C)C)n1)C1CC1. The zero-order chi connectivity index (χ0) is 14.8. The van der Waals surface area contributed by atoms with Gasteiger partial charge >= 0.3 is 5.97 Å². The number of nitrogens with zero attached hydrogens (tertiary/aromatic N) is 3. The number of ether oxygens (including phenoxy) is 1. The van der Waals surface area contributed by atoms with Gasteiger partial charge in [-0.2, -0.15) is 4.98 Å². The van der Waals surface area contributed by atoms with Crippen molar-refractivity contribution in [1.29, 1.82) is 0 Å². The average molecular weight is 281 g/mol. The van der Waals surface area contributed by atoms with Gasteiger partial charge in [0.2, 0.25) is 5.89 Å². The lowest BCUT2D eigenvalue weighted by Gasteiger charge is -2.18. The van der Waals surface area contributed by atoms with Gasteiger partial charge in [0.1, 0.15) is 0 Å². The summed E-state index contributed by atoms with van der Waals surface area (Å²) in [5, 5.41) is 4.01. The highest BCUT2D eigenvalue weighted by molar-refractivity contribution is 5.71. The average Bonchev–Trinajstić information content (AvgIpc) is 3.07. The first-order valence-corrected chi connectivity index (χ1v) is 7.13. The molecule has 0 unspecified atom stereocenters. The van der Waals surface area contributed by atoms with Gasteiger partial charge in [-0.05, 0) is 19.8 Å². The van der Waals surface area contributed by atoms with E-state index in [9.17, 15) is 4.79 Å². The number of esters is 1. The Balaban J connectivity index is 1.98. The van der Waals surface area contributed by atoms with Crippen molar-refractivity contribution in [2.75, 3.05) is 13.2 Å². The first-order chi connectivity index (χ1) is 9.40. The van der Waals surface area contributed by atoms with E-state index in [-0.39, 0.29) is 17.9 Å². The van der Waals surface area contributed by atoms with E-state index in [0.29, 0.717) is 30.9 Å². The minimum absolute atomic E-state index is 0.156. The van der Waals surface area contributed by atoms with Crippen LogP contribution in [-0.4, -0.2) is 40.2 Å². The Morgan fingerprint density at radius 3 is 2.65 bits per heavy atom. The molecule has 0 aromatic carbocycles. The molecule has 0 bridgehead atoms. The lowest BCUT2D eigenvalue weighted by Crippen LogP contribution is -2.33. The standard InChI is InChI=1S/C14H23N3O3/c1-5-19-12(18)9-17(10-6-7-10)8-11-15-13(20-16-11)14(2,3)4/h10H,5-9H2,1-4H3. The highest BCUT2D eigenvalue weighted by atomic mass is 16.5. The van der Waals surface area contributed by atoms with Crippen molar-refractivity contribution in [3.8, 4) is 0 Å². The van der Waals surface area contributed by atoms with Gasteiger partial charge in [-0.3, -0.25) is 9.69 Å². The van der Waals surface area contributed by atoms with Crippen molar-refractivity contribution < 1.29 is 14.1 Å². The van der Waals surface area contributed by atoms with E-state index in [1.165, 1.54) is 0 Å². The summed E-state index contributed by atoms with van der Waals surface area (Å²) < 4.78 is 10.3. The summed E-state index contributed by atoms with van der Waals surface area (Å²) >= 11 is 0. The molecule has 0 saturated heterocycles. The van der Waals surface area contributed by atoms with Crippen LogP contribution in [-0.2, 0) is 21.5 Å². The number of carbonyl (C=O) groups excluding carboxylic acids is 1. The minimum atomic E-state index is -0.195. The lowest BCUT2D eigenvalue weighted by molar-refractivity contribution is -0.144. The van der Waals surface area contributed by atoms with Crippen LogP contribution in [0, 0.1) is 0 Å². The summed E-state index contributed by atoms with van der Waals surface area (Å²) in [7, 11) is 0. The normalized spacial score (nSPS) is 15.7. The molecule has 1 heterocycles. The Morgan fingerprint density at radius 1 is 1.45 bits per heavy atom. The Morgan fingerprint density at radius 2 is 2.15 bits per heavy atom. The van der Waals surface area contributed by atoms with Crippen LogP contribution in [0.15, 0.2) is 4.52 Å². The molecule has 0 N–H and O–H groups in total. The topological polar surface area (TPSA) is 68.5 Å². The molecule has 0 spiro atoms. The molecule has 1 aliphatic carbocycles. The Kier molecular flexibility index (Phi) is 4.42. The maximum Gasteiger partial charge on any atom is 0.320 e. The van der Waals surface area contributed by atoms with Gasteiger partial charge in [-0.15, -0.1) is 0 Å². The molecule has 1 fully saturated rings. The van der Waals surface area contributed by atoms with E-state index in [2.05, 4.69) is 15.0 Å². The fraction of sp³-hybridized carbons (Fsp3) is 0.786. The summed E-state index contributed by atoms with van der Waals surface area (Å²) in [5.74, 6) is 1.06. The van der Waals surface area contributed by atoms with Crippen molar-refractivity contribution >= 4 is 5.97 Å². The molecule has 0 amide bonds. The predicted molar refractivity (Wildman–Crippen MR) is 73.1 cm³/mol. The third kappa shape index (κ3) is 4.03. The van der Waals surface area contributed by atoms with Gasteiger partial charge in [0.05, 0.1) is 19.7 Å². The third-order valence-corrected chi connectivity index (χ3v) is 3.15. The second kappa shape index (κ2) is 5.91. The van der Waals surface area contributed by atoms with Crippen LogP contribution in [0.3, 0.4) is 0 Å². The first kappa shape index (κ1) is 15.0. The lowest BCUT2D eigenvalue weighted by atomic mass is 9.97. The number of carbonyl (C=O) groups is 1. The molecule has 20 heavy (non-hydrogen) atoms. The summed E-state index contributed by atoms with van der Waals surface area (Å²) in [5.41, 5.74) is -0.156. The maximum atomic E-state index is 11.6. The molecule has 0 aliphatic heterocycles. The highest BCUT2D eigenvalue weighted by Gasteiger charge is 2.32. The Bertz CT molecular complexity index is 460. The molecule has 6 nitrogen and oxygen atoms in total. The van der Waals surface area contributed by atoms with E-state index in [1.807, 2.05) is 27.7 Å². The summed E-state index contributed by atoms with van der Waals surface area (Å²) in [6, 6.07) is 0.441. The molecule has 0 atom stereocenters. The number of aromatic nitrogens is 2. The number of hydrogen-bond donors (Lipinski definition) is 0. The van der Waals surface area contributed by atoms with Crippen molar-refractivity contribution in [3.05, 3.63) is 11.7 Å². The second-order valence-corrected chi connectivity index (χ2v) is 6.21. The Hall–Kier alpha value is -1.43. The van der Waals surface area contributed by atoms with Crippen LogP contribution < -0.4 is 0 Å². The van der Waals surface area contributed by atoms with Crippen LogP contribution in [0.4, 0.5) is 0 Å². The molecule has 1 aliphatic rings. The Labute approximate surface area is 119 Å². The fourth-order valence-corrected chi connectivity index (χ4v) is 1.93. The van der Waals surface area contributed by atoms with Crippen molar-refractivity contribution in [2.45, 2.75) is 58.5 Å². The molecular weight excluding hydrogens is 258 g/mol. The largest absolute Gasteiger partial charge is 0.465 e. The zero-order valence-corrected chi connectivity index (χ0v) is 12.7.